The minimum atomic E-state index is -0.812. The Bertz CT molecular complexity index is 751. The molecule has 5 nitrogen and oxygen atoms in total. The van der Waals surface area contributed by atoms with Crippen LogP contribution in [0.25, 0.3) is 0 Å². The van der Waals surface area contributed by atoms with Crippen molar-refractivity contribution < 1.29 is 23.5 Å². The molecule has 0 bridgehead atoms. The highest BCUT2D eigenvalue weighted by Gasteiger charge is 2.13. The van der Waals surface area contributed by atoms with Crippen LogP contribution in [0.1, 0.15) is 16.8 Å². The molecule has 2 rings (SSSR count). The fourth-order valence-corrected chi connectivity index (χ4v) is 2.09. The molecule has 0 heterocycles. The largest absolute Gasteiger partial charge is 0.493 e. The lowest BCUT2D eigenvalue weighted by atomic mass is 10.2. The topological polar surface area (TPSA) is 64.6 Å². The second kappa shape index (κ2) is 8.31. The van der Waals surface area contributed by atoms with E-state index in [0.717, 1.165) is 13.2 Å². The Morgan fingerprint density at radius 2 is 2.00 bits per heavy atom. The molecular formula is C17H15ClFNO4. The van der Waals surface area contributed by atoms with Gasteiger partial charge in [-0.15, -0.1) is 0 Å². The van der Waals surface area contributed by atoms with Crippen molar-refractivity contribution in [3.05, 3.63) is 58.9 Å². The van der Waals surface area contributed by atoms with E-state index < -0.39 is 11.8 Å². The SMILES string of the molecule is COC(=O)c1cc(NC(=O)CCOc2cccc(Cl)c2)ccc1F. The maximum atomic E-state index is 13.5. The average Bonchev–Trinajstić information content (AvgIpc) is 2.56. The molecule has 126 valence electrons. The van der Waals surface area contributed by atoms with Crippen molar-refractivity contribution in [1.29, 1.82) is 0 Å². The van der Waals surface area contributed by atoms with Crippen molar-refractivity contribution >= 4 is 29.2 Å². The number of halogens is 2. The van der Waals surface area contributed by atoms with Gasteiger partial charge in [0.2, 0.25) is 5.91 Å². The number of esters is 1. The number of carbonyl (C=O) groups is 2. The highest BCUT2D eigenvalue weighted by atomic mass is 35.5. The summed E-state index contributed by atoms with van der Waals surface area (Å²) in [6.45, 7) is 0.150. The van der Waals surface area contributed by atoms with E-state index in [4.69, 9.17) is 16.3 Å². The molecule has 0 saturated heterocycles. The first-order valence-electron chi connectivity index (χ1n) is 7.05. The number of amides is 1. The summed E-state index contributed by atoms with van der Waals surface area (Å²) in [5, 5.41) is 3.11. The van der Waals surface area contributed by atoms with E-state index in [1.54, 1.807) is 24.3 Å². The number of hydrogen-bond acceptors (Lipinski definition) is 4. The number of hydrogen-bond donors (Lipinski definition) is 1. The van der Waals surface area contributed by atoms with E-state index in [2.05, 4.69) is 10.1 Å². The molecule has 0 unspecified atom stereocenters. The van der Waals surface area contributed by atoms with Gasteiger partial charge in [-0.25, -0.2) is 9.18 Å². The second-order valence-corrected chi connectivity index (χ2v) is 5.23. The molecule has 7 heteroatoms. The summed E-state index contributed by atoms with van der Waals surface area (Å²) < 4.78 is 23.4. The number of methoxy groups -OCH3 is 1. The maximum absolute atomic E-state index is 13.5. The van der Waals surface area contributed by atoms with Gasteiger partial charge < -0.3 is 14.8 Å². The summed E-state index contributed by atoms with van der Waals surface area (Å²) in [4.78, 5) is 23.3. The Kier molecular flexibility index (Phi) is 6.14. The molecule has 0 spiro atoms. The fraction of sp³-hybridized carbons (Fsp3) is 0.176. The number of anilines is 1. The Balaban J connectivity index is 1.89. The molecular weight excluding hydrogens is 337 g/mol. The zero-order valence-corrected chi connectivity index (χ0v) is 13.6. The van der Waals surface area contributed by atoms with Crippen molar-refractivity contribution in [2.24, 2.45) is 0 Å². The first kappa shape index (κ1) is 17.7. The van der Waals surface area contributed by atoms with E-state index in [1.807, 2.05) is 0 Å². The van der Waals surface area contributed by atoms with E-state index in [-0.39, 0.29) is 24.5 Å². The van der Waals surface area contributed by atoms with Crippen molar-refractivity contribution in [2.75, 3.05) is 19.0 Å². The molecule has 0 aliphatic carbocycles. The number of ether oxygens (including phenoxy) is 2. The Labute approximate surface area is 143 Å². The number of benzene rings is 2. The van der Waals surface area contributed by atoms with Gasteiger partial charge in [-0.2, -0.15) is 0 Å². The second-order valence-electron chi connectivity index (χ2n) is 4.79. The van der Waals surface area contributed by atoms with Crippen LogP contribution < -0.4 is 10.1 Å². The first-order chi connectivity index (χ1) is 11.5. The summed E-state index contributed by atoms with van der Waals surface area (Å²) in [6, 6.07) is 10.5. The zero-order valence-electron chi connectivity index (χ0n) is 12.8. The standard InChI is InChI=1S/C17H15ClFNO4/c1-23-17(22)14-10-12(5-6-15(14)19)20-16(21)7-8-24-13-4-2-3-11(18)9-13/h2-6,9-10H,7-8H2,1H3,(H,20,21). The number of carbonyl (C=O) groups excluding carboxylic acids is 2. The third-order valence-corrected chi connectivity index (χ3v) is 3.28. The maximum Gasteiger partial charge on any atom is 0.340 e. The van der Waals surface area contributed by atoms with E-state index in [0.29, 0.717) is 16.5 Å². The molecule has 0 aliphatic heterocycles. The first-order valence-corrected chi connectivity index (χ1v) is 7.43. The van der Waals surface area contributed by atoms with Crippen LogP contribution in [0.15, 0.2) is 42.5 Å². The van der Waals surface area contributed by atoms with Crippen molar-refractivity contribution in [3.8, 4) is 5.75 Å². The van der Waals surface area contributed by atoms with Gasteiger partial charge in [-0.05, 0) is 36.4 Å². The average molecular weight is 352 g/mol. The van der Waals surface area contributed by atoms with E-state index >= 15 is 0 Å². The zero-order chi connectivity index (χ0) is 17.5. The van der Waals surface area contributed by atoms with Gasteiger partial charge in [0.25, 0.3) is 0 Å². The van der Waals surface area contributed by atoms with E-state index in [9.17, 15) is 14.0 Å². The van der Waals surface area contributed by atoms with Gasteiger partial charge in [-0.3, -0.25) is 4.79 Å². The van der Waals surface area contributed by atoms with Crippen LogP contribution in [0.4, 0.5) is 10.1 Å². The van der Waals surface area contributed by atoms with Crippen LogP contribution in [-0.4, -0.2) is 25.6 Å². The summed E-state index contributed by atoms with van der Waals surface area (Å²) >= 11 is 5.83. The van der Waals surface area contributed by atoms with Gasteiger partial charge >= 0.3 is 5.97 Å². The molecule has 1 amide bonds. The van der Waals surface area contributed by atoms with Gasteiger partial charge in [0.15, 0.2) is 0 Å². The molecule has 0 fully saturated rings. The van der Waals surface area contributed by atoms with Crippen LogP contribution in [0.2, 0.25) is 5.02 Å². The van der Waals surface area contributed by atoms with Gasteiger partial charge in [0.05, 0.1) is 25.7 Å². The highest BCUT2D eigenvalue weighted by molar-refractivity contribution is 6.30. The van der Waals surface area contributed by atoms with Crippen LogP contribution in [0, 0.1) is 5.82 Å². The molecule has 2 aromatic rings. The highest BCUT2D eigenvalue weighted by Crippen LogP contribution is 2.18. The molecule has 0 aliphatic rings. The third-order valence-electron chi connectivity index (χ3n) is 3.05. The Morgan fingerprint density at radius 1 is 1.21 bits per heavy atom. The third kappa shape index (κ3) is 4.96. The Hall–Kier alpha value is -2.60. The van der Waals surface area contributed by atoms with Crippen LogP contribution >= 0.6 is 11.6 Å². The normalized spacial score (nSPS) is 10.1. The van der Waals surface area contributed by atoms with Gasteiger partial charge in [0, 0.05) is 10.7 Å². The number of rotatable bonds is 6. The molecule has 1 N–H and O–H groups in total. The molecule has 2 aromatic carbocycles. The summed E-state index contributed by atoms with van der Waals surface area (Å²) in [5.41, 5.74) is 0.0510. The van der Waals surface area contributed by atoms with Crippen molar-refractivity contribution in [1.82, 2.24) is 0 Å². The van der Waals surface area contributed by atoms with Crippen molar-refractivity contribution in [2.45, 2.75) is 6.42 Å². The fourth-order valence-electron chi connectivity index (χ4n) is 1.91. The molecule has 0 atom stereocenters. The number of nitrogens with one attached hydrogen (secondary N) is 1. The lowest BCUT2D eigenvalue weighted by molar-refractivity contribution is -0.116. The van der Waals surface area contributed by atoms with Crippen LogP contribution in [-0.2, 0) is 9.53 Å². The lowest BCUT2D eigenvalue weighted by Crippen LogP contribution is -2.16. The summed E-state index contributed by atoms with van der Waals surface area (Å²) in [7, 11) is 1.15. The predicted molar refractivity (Wildman–Crippen MR) is 87.9 cm³/mol. The molecule has 0 aromatic heterocycles. The molecule has 0 saturated carbocycles. The predicted octanol–water partition coefficient (Wildman–Crippen LogP) is 3.67. The van der Waals surface area contributed by atoms with Crippen LogP contribution in [0.3, 0.4) is 0 Å². The summed E-state index contributed by atoms with van der Waals surface area (Å²) in [5.74, 6) is -1.30. The monoisotopic (exact) mass is 351 g/mol. The van der Waals surface area contributed by atoms with Crippen LogP contribution in [0.5, 0.6) is 5.75 Å². The molecule has 24 heavy (non-hydrogen) atoms. The van der Waals surface area contributed by atoms with Crippen molar-refractivity contribution in [3.63, 3.8) is 0 Å². The quantitative estimate of drug-likeness (QED) is 0.806. The molecule has 0 radical (unpaired) electrons. The smallest absolute Gasteiger partial charge is 0.340 e. The minimum Gasteiger partial charge on any atom is -0.493 e. The lowest BCUT2D eigenvalue weighted by Gasteiger charge is -2.09. The minimum absolute atomic E-state index is 0.0808. The Morgan fingerprint density at radius 3 is 2.71 bits per heavy atom. The van der Waals surface area contributed by atoms with Gasteiger partial charge in [-0.1, -0.05) is 17.7 Å². The summed E-state index contributed by atoms with van der Waals surface area (Å²) in [6.07, 6.45) is 0.0808. The van der Waals surface area contributed by atoms with Gasteiger partial charge in [0.1, 0.15) is 11.6 Å². The van der Waals surface area contributed by atoms with E-state index in [1.165, 1.54) is 12.1 Å².